The van der Waals surface area contributed by atoms with Gasteiger partial charge in [-0.1, -0.05) is 18.5 Å². The average Bonchev–Trinajstić information content (AvgIpc) is 2.41. The Balaban J connectivity index is 2.84. The van der Waals surface area contributed by atoms with Crippen molar-refractivity contribution >= 4 is 29.4 Å². The molecule has 114 valence electrons. The number of aromatic nitrogens is 1. The van der Waals surface area contributed by atoms with E-state index in [9.17, 15) is 14.4 Å². The molecule has 8 heteroatoms. The Morgan fingerprint density at radius 3 is 2.52 bits per heavy atom. The smallest absolute Gasteiger partial charge is 0.326 e. The third-order valence-electron chi connectivity index (χ3n) is 2.72. The van der Waals surface area contributed by atoms with Gasteiger partial charge in [-0.2, -0.15) is 0 Å². The second-order valence-electron chi connectivity index (χ2n) is 4.32. The van der Waals surface area contributed by atoms with Gasteiger partial charge >= 0.3 is 11.9 Å². The van der Waals surface area contributed by atoms with Gasteiger partial charge in [-0.3, -0.25) is 9.59 Å². The van der Waals surface area contributed by atoms with Crippen LogP contribution in [0.1, 0.15) is 35.8 Å². The molecular weight excluding hydrogens is 300 g/mol. The van der Waals surface area contributed by atoms with E-state index in [0.29, 0.717) is 12.1 Å². The van der Waals surface area contributed by atoms with Crippen molar-refractivity contribution in [1.82, 2.24) is 10.3 Å². The van der Waals surface area contributed by atoms with Crippen molar-refractivity contribution in [2.45, 2.75) is 32.2 Å². The number of halogens is 1. The highest BCUT2D eigenvalue weighted by molar-refractivity contribution is 6.29. The molecule has 1 heterocycles. The minimum absolute atomic E-state index is 0.136. The maximum atomic E-state index is 12.0. The van der Waals surface area contributed by atoms with E-state index in [-0.39, 0.29) is 23.6 Å². The fourth-order valence-corrected chi connectivity index (χ4v) is 1.86. The van der Waals surface area contributed by atoms with E-state index in [2.05, 4.69) is 10.3 Å². The van der Waals surface area contributed by atoms with Gasteiger partial charge in [-0.25, -0.2) is 9.78 Å². The fraction of sp³-hybridized carbons (Fsp3) is 0.385. The molecule has 0 unspecified atom stereocenters. The molecular formula is C13H15ClN2O5. The minimum atomic E-state index is -1.29. The van der Waals surface area contributed by atoms with Crippen LogP contribution in [0.2, 0.25) is 5.15 Å². The van der Waals surface area contributed by atoms with Crippen molar-refractivity contribution < 1.29 is 24.6 Å². The molecule has 0 fully saturated rings. The highest BCUT2D eigenvalue weighted by atomic mass is 35.5. The molecule has 0 bridgehead atoms. The van der Waals surface area contributed by atoms with E-state index >= 15 is 0 Å². The quantitative estimate of drug-likeness (QED) is 0.654. The zero-order valence-corrected chi connectivity index (χ0v) is 12.1. The van der Waals surface area contributed by atoms with Crippen LogP contribution in [0.5, 0.6) is 0 Å². The number of carbonyl (C=O) groups is 3. The Morgan fingerprint density at radius 1 is 1.33 bits per heavy atom. The van der Waals surface area contributed by atoms with E-state index in [1.165, 1.54) is 12.1 Å². The van der Waals surface area contributed by atoms with Gasteiger partial charge in [-0.15, -0.1) is 0 Å². The number of hydrogen-bond donors (Lipinski definition) is 3. The Hall–Kier alpha value is -2.15. The number of nitrogens with one attached hydrogen (secondary N) is 1. The molecule has 21 heavy (non-hydrogen) atoms. The van der Waals surface area contributed by atoms with Crippen LogP contribution in [-0.2, 0) is 16.0 Å². The molecule has 0 saturated carbocycles. The molecule has 1 rings (SSSR count). The number of carboxylic acid groups (broad SMARTS) is 2. The molecule has 1 amide bonds. The molecule has 3 N–H and O–H groups in total. The van der Waals surface area contributed by atoms with Crippen molar-refractivity contribution in [3.05, 3.63) is 28.5 Å². The molecule has 7 nitrogen and oxygen atoms in total. The Labute approximate surface area is 125 Å². The summed E-state index contributed by atoms with van der Waals surface area (Å²) in [5.74, 6) is -3.05. The van der Waals surface area contributed by atoms with E-state index in [1.54, 1.807) is 0 Å². The summed E-state index contributed by atoms with van der Waals surface area (Å²) >= 11 is 5.79. The molecule has 0 spiro atoms. The van der Waals surface area contributed by atoms with Crippen LogP contribution < -0.4 is 5.32 Å². The number of aliphatic carboxylic acids is 2. The highest BCUT2D eigenvalue weighted by Gasteiger charge is 2.22. The lowest BCUT2D eigenvalue weighted by molar-refractivity contribution is -0.140. The van der Waals surface area contributed by atoms with Gasteiger partial charge in [0.2, 0.25) is 0 Å². The Bertz CT molecular complexity index is 561. The number of pyridine rings is 1. The van der Waals surface area contributed by atoms with Crippen molar-refractivity contribution in [3.8, 4) is 0 Å². The summed E-state index contributed by atoms with van der Waals surface area (Å²) in [4.78, 5) is 37.5. The third-order valence-corrected chi connectivity index (χ3v) is 2.92. The molecule has 1 atom stereocenters. The zero-order valence-electron chi connectivity index (χ0n) is 11.3. The lowest BCUT2D eigenvalue weighted by Crippen LogP contribution is -2.41. The van der Waals surface area contributed by atoms with Gasteiger partial charge in [-0.05, 0) is 25.0 Å². The summed E-state index contributed by atoms with van der Waals surface area (Å²) in [5.41, 5.74) is 0.790. The third kappa shape index (κ3) is 5.39. The molecule has 1 aromatic rings. The van der Waals surface area contributed by atoms with Crippen molar-refractivity contribution in [2.75, 3.05) is 0 Å². The summed E-state index contributed by atoms with van der Waals surface area (Å²) in [6.45, 7) is 1.84. The molecule has 0 aliphatic carbocycles. The van der Waals surface area contributed by atoms with Crippen LogP contribution in [0, 0.1) is 0 Å². The van der Waals surface area contributed by atoms with Gasteiger partial charge in [0.1, 0.15) is 11.2 Å². The largest absolute Gasteiger partial charge is 0.481 e. The summed E-state index contributed by atoms with van der Waals surface area (Å²) in [6.07, 6.45) is 0.0205. The molecule has 0 aromatic carbocycles. The van der Waals surface area contributed by atoms with E-state index in [0.717, 1.165) is 0 Å². The van der Waals surface area contributed by atoms with Gasteiger partial charge in [0.25, 0.3) is 5.91 Å². The summed E-state index contributed by atoms with van der Waals surface area (Å²) < 4.78 is 0. The van der Waals surface area contributed by atoms with Crippen molar-refractivity contribution in [1.29, 1.82) is 0 Å². The molecule has 0 aliphatic rings. The first kappa shape index (κ1) is 16.9. The fourth-order valence-electron chi connectivity index (χ4n) is 1.63. The van der Waals surface area contributed by atoms with Crippen molar-refractivity contribution in [2.24, 2.45) is 0 Å². The first-order valence-electron chi connectivity index (χ1n) is 6.25. The normalized spacial score (nSPS) is 11.7. The van der Waals surface area contributed by atoms with Crippen molar-refractivity contribution in [3.63, 3.8) is 0 Å². The second-order valence-corrected chi connectivity index (χ2v) is 4.71. The molecule has 0 radical (unpaired) electrons. The molecule has 1 aromatic heterocycles. The number of carboxylic acids is 2. The lowest BCUT2D eigenvalue weighted by atomic mass is 10.1. The standard InChI is InChI=1S/C13H15ClN2O5/c1-2-8-5-7(6-10(14)15-8)12(19)16-9(13(20)21)3-4-11(17)18/h5-6,9H,2-4H2,1H3,(H,16,19)(H,17,18)(H,20,21)/t9-/m0/s1. The molecule has 0 aliphatic heterocycles. The summed E-state index contributed by atoms with van der Waals surface area (Å²) in [7, 11) is 0. The van der Waals surface area contributed by atoms with E-state index in [1.807, 2.05) is 6.92 Å². The second kappa shape index (κ2) is 7.58. The number of aryl methyl sites for hydroxylation is 1. The predicted octanol–water partition coefficient (Wildman–Crippen LogP) is 1.35. The van der Waals surface area contributed by atoms with Gasteiger partial charge in [0.15, 0.2) is 0 Å². The first-order valence-corrected chi connectivity index (χ1v) is 6.63. The van der Waals surface area contributed by atoms with Crippen LogP contribution in [0.4, 0.5) is 0 Å². The first-order chi connectivity index (χ1) is 9.83. The monoisotopic (exact) mass is 314 g/mol. The maximum Gasteiger partial charge on any atom is 0.326 e. The van der Waals surface area contributed by atoms with E-state index in [4.69, 9.17) is 21.8 Å². The zero-order chi connectivity index (χ0) is 16.0. The Kier molecular flexibility index (Phi) is 6.10. The summed E-state index contributed by atoms with van der Waals surface area (Å²) in [5, 5.41) is 20.0. The predicted molar refractivity (Wildman–Crippen MR) is 74.4 cm³/mol. The minimum Gasteiger partial charge on any atom is -0.481 e. The lowest BCUT2D eigenvalue weighted by Gasteiger charge is -2.14. The van der Waals surface area contributed by atoms with Crippen LogP contribution in [0.15, 0.2) is 12.1 Å². The van der Waals surface area contributed by atoms with E-state index < -0.39 is 23.9 Å². The van der Waals surface area contributed by atoms with Crippen LogP contribution in [0.25, 0.3) is 0 Å². The van der Waals surface area contributed by atoms with Gasteiger partial charge < -0.3 is 15.5 Å². The number of nitrogens with zero attached hydrogens (tertiary/aromatic N) is 1. The van der Waals surface area contributed by atoms with Gasteiger partial charge in [0, 0.05) is 17.7 Å². The topological polar surface area (TPSA) is 117 Å². The SMILES string of the molecule is CCc1cc(C(=O)N[C@@H](CCC(=O)O)C(=O)O)cc(Cl)n1. The average molecular weight is 315 g/mol. The van der Waals surface area contributed by atoms with Crippen LogP contribution in [0.3, 0.4) is 0 Å². The highest BCUT2D eigenvalue weighted by Crippen LogP contribution is 2.12. The van der Waals surface area contributed by atoms with Crippen LogP contribution in [-0.4, -0.2) is 39.1 Å². The number of hydrogen-bond acceptors (Lipinski definition) is 4. The van der Waals surface area contributed by atoms with Gasteiger partial charge in [0.05, 0.1) is 0 Å². The summed E-state index contributed by atoms with van der Waals surface area (Å²) in [6, 6.07) is 1.56. The van der Waals surface area contributed by atoms with Crippen LogP contribution >= 0.6 is 11.6 Å². The number of carbonyl (C=O) groups excluding carboxylic acids is 1. The maximum absolute atomic E-state index is 12.0. The number of amides is 1. The Morgan fingerprint density at radius 2 is 2.00 bits per heavy atom. The molecule has 0 saturated heterocycles. The number of rotatable bonds is 7.